The third kappa shape index (κ3) is 5.36. The summed E-state index contributed by atoms with van der Waals surface area (Å²) in [5.74, 6) is 0.361. The number of hydrogen-bond donors (Lipinski definition) is 2. The molecule has 128 valence electrons. The molecule has 0 aliphatic rings. The molecule has 0 saturated heterocycles. The van der Waals surface area contributed by atoms with Crippen molar-refractivity contribution in [1.29, 1.82) is 0 Å². The molecule has 4 heteroatoms. The first kappa shape index (κ1) is 18.5. The highest BCUT2D eigenvalue weighted by Crippen LogP contribution is 2.27. The second-order valence-corrected chi connectivity index (χ2v) is 6.73. The molecular weight excluding hydrogens is 320 g/mol. The summed E-state index contributed by atoms with van der Waals surface area (Å²) in [6.07, 6.45) is 0.867. The Bertz CT molecular complexity index is 681. The Balaban J connectivity index is 1.82. The number of nitrogens with one attached hydrogen (secondary N) is 2. The number of hydrogen-bond acceptors (Lipinski definition) is 2. The van der Waals surface area contributed by atoms with Crippen LogP contribution in [-0.4, -0.2) is 19.0 Å². The van der Waals surface area contributed by atoms with Gasteiger partial charge in [0.1, 0.15) is 0 Å². The molecule has 2 rings (SSSR count). The predicted molar refractivity (Wildman–Crippen MR) is 102 cm³/mol. The minimum absolute atomic E-state index is 0.0118. The number of carbonyl (C=O) groups is 1. The first-order valence-corrected chi connectivity index (χ1v) is 8.69. The van der Waals surface area contributed by atoms with Crippen molar-refractivity contribution < 1.29 is 4.79 Å². The molecule has 0 radical (unpaired) electrons. The van der Waals surface area contributed by atoms with Crippen LogP contribution in [0.4, 0.5) is 5.69 Å². The van der Waals surface area contributed by atoms with E-state index >= 15 is 0 Å². The van der Waals surface area contributed by atoms with E-state index in [4.69, 9.17) is 11.6 Å². The molecule has 0 fully saturated rings. The zero-order valence-electron chi connectivity index (χ0n) is 14.5. The van der Waals surface area contributed by atoms with E-state index in [0.29, 0.717) is 12.5 Å². The van der Waals surface area contributed by atoms with Gasteiger partial charge in [0.15, 0.2) is 0 Å². The van der Waals surface area contributed by atoms with Crippen LogP contribution < -0.4 is 10.6 Å². The Morgan fingerprint density at radius 2 is 1.83 bits per heavy atom. The van der Waals surface area contributed by atoms with E-state index in [1.165, 1.54) is 11.1 Å². The molecule has 0 bridgehead atoms. The van der Waals surface area contributed by atoms with Crippen molar-refractivity contribution in [1.82, 2.24) is 5.32 Å². The molecule has 2 N–H and O–H groups in total. The Morgan fingerprint density at radius 3 is 2.50 bits per heavy atom. The first-order valence-electron chi connectivity index (χ1n) is 8.32. The number of anilines is 1. The van der Waals surface area contributed by atoms with Gasteiger partial charge < -0.3 is 10.6 Å². The van der Waals surface area contributed by atoms with Gasteiger partial charge in [0.25, 0.3) is 0 Å². The fourth-order valence-corrected chi connectivity index (χ4v) is 2.74. The fourth-order valence-electron chi connectivity index (χ4n) is 2.61. The summed E-state index contributed by atoms with van der Waals surface area (Å²) in [6, 6.07) is 13.9. The molecular formula is C20H25ClN2O. The van der Waals surface area contributed by atoms with Gasteiger partial charge in [-0.15, -0.1) is 0 Å². The van der Waals surface area contributed by atoms with Gasteiger partial charge in [-0.25, -0.2) is 0 Å². The third-order valence-electron chi connectivity index (χ3n) is 3.98. The Morgan fingerprint density at radius 1 is 1.12 bits per heavy atom. The number of amides is 1. The molecule has 0 heterocycles. The molecule has 0 aromatic heterocycles. The Labute approximate surface area is 149 Å². The quantitative estimate of drug-likeness (QED) is 0.724. The lowest BCUT2D eigenvalue weighted by Gasteiger charge is -2.16. The van der Waals surface area contributed by atoms with E-state index < -0.39 is 0 Å². The van der Waals surface area contributed by atoms with Crippen molar-refractivity contribution in [3.05, 3.63) is 64.2 Å². The third-order valence-corrected chi connectivity index (χ3v) is 4.23. The van der Waals surface area contributed by atoms with Crippen molar-refractivity contribution >= 4 is 23.2 Å². The SMILES string of the molecule is Cc1cccc(C(C)C)c1NC(=O)CNCCc1ccc(Cl)cc1. The molecule has 0 saturated carbocycles. The summed E-state index contributed by atoms with van der Waals surface area (Å²) >= 11 is 5.87. The van der Waals surface area contributed by atoms with Crippen LogP contribution in [0.2, 0.25) is 5.02 Å². The molecule has 3 nitrogen and oxygen atoms in total. The summed E-state index contributed by atoms with van der Waals surface area (Å²) < 4.78 is 0. The largest absolute Gasteiger partial charge is 0.324 e. The van der Waals surface area contributed by atoms with Crippen LogP contribution in [0.15, 0.2) is 42.5 Å². The van der Waals surface area contributed by atoms with Gasteiger partial charge in [-0.1, -0.05) is 55.8 Å². The molecule has 0 unspecified atom stereocenters. The standard InChI is InChI=1S/C20H25ClN2O/c1-14(2)18-6-4-5-15(3)20(18)23-19(24)13-22-12-11-16-7-9-17(21)10-8-16/h4-10,14,22H,11-13H2,1-3H3,(H,23,24). The van der Waals surface area contributed by atoms with Crippen LogP contribution in [0.3, 0.4) is 0 Å². The molecule has 0 aliphatic heterocycles. The lowest BCUT2D eigenvalue weighted by atomic mass is 9.98. The van der Waals surface area contributed by atoms with E-state index in [1.54, 1.807) is 0 Å². The summed E-state index contributed by atoms with van der Waals surface area (Å²) in [4.78, 5) is 12.2. The highest BCUT2D eigenvalue weighted by atomic mass is 35.5. The smallest absolute Gasteiger partial charge is 0.238 e. The van der Waals surface area contributed by atoms with E-state index in [0.717, 1.165) is 29.2 Å². The van der Waals surface area contributed by atoms with Crippen molar-refractivity contribution in [3.8, 4) is 0 Å². The lowest BCUT2D eigenvalue weighted by Crippen LogP contribution is -2.30. The van der Waals surface area contributed by atoms with Gasteiger partial charge in [0.05, 0.1) is 6.54 Å². The molecule has 2 aromatic carbocycles. The molecule has 0 atom stereocenters. The van der Waals surface area contributed by atoms with Crippen molar-refractivity contribution in [3.63, 3.8) is 0 Å². The van der Waals surface area contributed by atoms with Gasteiger partial charge in [0.2, 0.25) is 5.91 Å². The van der Waals surface area contributed by atoms with Crippen molar-refractivity contribution in [2.24, 2.45) is 0 Å². The molecule has 1 amide bonds. The Kier molecular flexibility index (Phi) is 6.83. The van der Waals surface area contributed by atoms with Gasteiger partial charge >= 0.3 is 0 Å². The van der Waals surface area contributed by atoms with Crippen LogP contribution in [-0.2, 0) is 11.2 Å². The average Bonchev–Trinajstić information content (AvgIpc) is 2.55. The average molecular weight is 345 g/mol. The summed E-state index contributed by atoms with van der Waals surface area (Å²) in [5.41, 5.74) is 4.41. The van der Waals surface area contributed by atoms with Crippen LogP contribution in [0, 0.1) is 6.92 Å². The fraction of sp³-hybridized carbons (Fsp3) is 0.350. The van der Waals surface area contributed by atoms with Crippen molar-refractivity contribution in [2.75, 3.05) is 18.4 Å². The summed E-state index contributed by atoms with van der Waals surface area (Å²) in [5, 5.41) is 6.98. The first-order chi connectivity index (χ1) is 11.5. The lowest BCUT2D eigenvalue weighted by molar-refractivity contribution is -0.115. The highest BCUT2D eigenvalue weighted by Gasteiger charge is 2.11. The number of carbonyl (C=O) groups excluding carboxylic acids is 1. The topological polar surface area (TPSA) is 41.1 Å². The van der Waals surface area contributed by atoms with Gasteiger partial charge in [-0.3, -0.25) is 4.79 Å². The number of para-hydroxylation sites is 1. The van der Waals surface area contributed by atoms with E-state index in [-0.39, 0.29) is 5.91 Å². The zero-order valence-corrected chi connectivity index (χ0v) is 15.3. The van der Waals surface area contributed by atoms with E-state index in [9.17, 15) is 4.79 Å². The van der Waals surface area contributed by atoms with Crippen LogP contribution >= 0.6 is 11.6 Å². The Hall–Kier alpha value is -1.84. The maximum absolute atomic E-state index is 12.2. The number of halogens is 1. The van der Waals surface area contributed by atoms with Gasteiger partial charge in [-0.05, 0) is 54.6 Å². The van der Waals surface area contributed by atoms with Gasteiger partial charge in [-0.2, -0.15) is 0 Å². The van der Waals surface area contributed by atoms with Crippen LogP contribution in [0.5, 0.6) is 0 Å². The van der Waals surface area contributed by atoms with Crippen LogP contribution in [0.25, 0.3) is 0 Å². The monoisotopic (exact) mass is 344 g/mol. The zero-order chi connectivity index (χ0) is 17.5. The normalized spacial score (nSPS) is 10.9. The molecule has 2 aromatic rings. The predicted octanol–water partition coefficient (Wildman–Crippen LogP) is 4.54. The molecule has 0 spiro atoms. The second kappa shape index (κ2) is 8.86. The number of rotatable bonds is 7. The van der Waals surface area contributed by atoms with Crippen molar-refractivity contribution in [2.45, 2.75) is 33.1 Å². The second-order valence-electron chi connectivity index (χ2n) is 6.30. The maximum atomic E-state index is 12.2. The van der Waals surface area contributed by atoms with Gasteiger partial charge in [0, 0.05) is 10.7 Å². The summed E-state index contributed by atoms with van der Waals surface area (Å²) in [6.45, 7) is 7.35. The number of benzene rings is 2. The minimum atomic E-state index is -0.0118. The van der Waals surface area contributed by atoms with E-state index in [2.05, 4.69) is 30.5 Å². The molecule has 0 aliphatic carbocycles. The minimum Gasteiger partial charge on any atom is -0.324 e. The maximum Gasteiger partial charge on any atom is 0.238 e. The number of aryl methyl sites for hydroxylation is 1. The van der Waals surface area contributed by atoms with E-state index in [1.807, 2.05) is 43.3 Å². The highest BCUT2D eigenvalue weighted by molar-refractivity contribution is 6.30. The summed E-state index contributed by atoms with van der Waals surface area (Å²) in [7, 11) is 0. The molecule has 24 heavy (non-hydrogen) atoms. The van der Waals surface area contributed by atoms with Crippen LogP contribution in [0.1, 0.15) is 36.5 Å².